The molecule has 0 radical (unpaired) electrons. The van der Waals surface area contributed by atoms with Crippen LogP contribution in [-0.4, -0.2) is 19.2 Å². The van der Waals surface area contributed by atoms with Crippen molar-refractivity contribution in [2.45, 2.75) is 14.7 Å². The van der Waals surface area contributed by atoms with Gasteiger partial charge in [0.25, 0.3) is 21.6 Å². The smallest absolute Gasteiger partial charge is 0.269 e. The number of sulfonamides is 1. The molecule has 5 rings (SSSR count). The maximum Gasteiger partial charge on any atom is 0.269 e. The zero-order chi connectivity index (χ0) is 24.6. The van der Waals surface area contributed by atoms with Gasteiger partial charge in [-0.2, -0.15) is 0 Å². The number of rotatable bonds is 5. The van der Waals surface area contributed by atoms with Gasteiger partial charge >= 0.3 is 0 Å². The molecule has 1 aliphatic rings. The molecular weight excluding hydrogens is 486 g/mol. The van der Waals surface area contributed by atoms with Crippen LogP contribution in [0.1, 0.15) is 10.4 Å². The van der Waals surface area contributed by atoms with Gasteiger partial charge in [0.1, 0.15) is 0 Å². The third-order valence-electron chi connectivity index (χ3n) is 5.38. The van der Waals surface area contributed by atoms with Crippen LogP contribution < -0.4 is 9.62 Å². The summed E-state index contributed by atoms with van der Waals surface area (Å²) in [4.78, 5) is 24.5. The molecule has 35 heavy (non-hydrogen) atoms. The van der Waals surface area contributed by atoms with Gasteiger partial charge in [-0.15, -0.1) is 0 Å². The van der Waals surface area contributed by atoms with Gasteiger partial charge < -0.3 is 5.32 Å². The number of nitrogens with one attached hydrogen (secondary N) is 1. The average molecular weight is 504 g/mol. The molecule has 0 bridgehead atoms. The minimum absolute atomic E-state index is 0.0716. The van der Waals surface area contributed by atoms with Crippen molar-refractivity contribution < 1.29 is 18.1 Å². The minimum atomic E-state index is -3.96. The van der Waals surface area contributed by atoms with E-state index in [4.69, 9.17) is 0 Å². The van der Waals surface area contributed by atoms with Crippen LogP contribution in [0.4, 0.5) is 22.7 Å². The van der Waals surface area contributed by atoms with E-state index in [0.29, 0.717) is 17.1 Å². The van der Waals surface area contributed by atoms with Crippen LogP contribution >= 0.6 is 11.8 Å². The normalized spacial score (nSPS) is 12.4. The Morgan fingerprint density at radius 1 is 0.800 bits per heavy atom. The molecule has 1 N–H and O–H groups in total. The average Bonchev–Trinajstić information content (AvgIpc) is 2.87. The van der Waals surface area contributed by atoms with Crippen LogP contribution in [-0.2, 0) is 10.0 Å². The number of fused-ring (bicyclic) bond motifs is 2. The molecule has 8 nitrogen and oxygen atoms in total. The predicted octanol–water partition coefficient (Wildman–Crippen LogP) is 5.84. The monoisotopic (exact) mass is 503 g/mol. The number of non-ortho nitro benzene ring substituents is 1. The van der Waals surface area contributed by atoms with E-state index < -0.39 is 20.9 Å². The number of nitro groups is 1. The molecule has 0 atom stereocenters. The van der Waals surface area contributed by atoms with Crippen molar-refractivity contribution in [2.75, 3.05) is 9.62 Å². The molecule has 1 amide bonds. The lowest BCUT2D eigenvalue weighted by Crippen LogP contribution is -2.28. The van der Waals surface area contributed by atoms with Gasteiger partial charge in [0, 0.05) is 33.2 Å². The van der Waals surface area contributed by atoms with Crippen molar-refractivity contribution in [1.82, 2.24) is 0 Å². The van der Waals surface area contributed by atoms with Gasteiger partial charge in [0.05, 0.1) is 21.2 Å². The summed E-state index contributed by atoms with van der Waals surface area (Å²) in [5, 5.41) is 13.5. The molecule has 10 heteroatoms. The van der Waals surface area contributed by atoms with Crippen LogP contribution in [0.5, 0.6) is 0 Å². The highest BCUT2D eigenvalue weighted by molar-refractivity contribution is 8.00. The van der Waals surface area contributed by atoms with Crippen LogP contribution in [0.25, 0.3) is 0 Å². The number of amides is 1. The Morgan fingerprint density at radius 3 is 1.89 bits per heavy atom. The molecule has 1 heterocycles. The van der Waals surface area contributed by atoms with E-state index >= 15 is 0 Å². The van der Waals surface area contributed by atoms with Gasteiger partial charge in [0.15, 0.2) is 0 Å². The summed E-state index contributed by atoms with van der Waals surface area (Å²) in [6.07, 6.45) is 0. The second kappa shape index (κ2) is 8.90. The lowest BCUT2D eigenvalue weighted by atomic mass is 10.2. The molecule has 0 aliphatic carbocycles. The zero-order valence-electron chi connectivity index (χ0n) is 18.0. The molecule has 4 aromatic carbocycles. The lowest BCUT2D eigenvalue weighted by Gasteiger charge is -2.31. The molecule has 0 unspecified atom stereocenters. The topological polar surface area (TPSA) is 110 Å². The highest BCUT2D eigenvalue weighted by Crippen LogP contribution is 2.50. The highest BCUT2D eigenvalue weighted by atomic mass is 32.2. The Balaban J connectivity index is 1.43. The quantitative estimate of drug-likeness (QED) is 0.271. The van der Waals surface area contributed by atoms with E-state index in [9.17, 15) is 23.3 Å². The van der Waals surface area contributed by atoms with E-state index in [1.807, 2.05) is 24.3 Å². The van der Waals surface area contributed by atoms with Crippen molar-refractivity contribution in [3.8, 4) is 0 Å². The molecule has 1 aliphatic heterocycles. The Bertz CT molecular complexity index is 1510. The minimum Gasteiger partial charge on any atom is -0.322 e. The van der Waals surface area contributed by atoms with E-state index in [0.717, 1.165) is 9.79 Å². The first-order chi connectivity index (χ1) is 16.8. The molecule has 0 spiro atoms. The summed E-state index contributed by atoms with van der Waals surface area (Å²) in [5.41, 5.74) is 1.67. The Kier molecular flexibility index (Phi) is 5.75. The van der Waals surface area contributed by atoms with E-state index in [1.54, 1.807) is 24.3 Å². The Morgan fingerprint density at radius 2 is 1.34 bits per heavy atom. The SMILES string of the molecule is O=C(Nc1ccc(S(=O)(=O)N2c3ccccc3Sc3ccccc32)cc1)c1ccc([N+](=O)[O-])cc1. The molecule has 0 saturated heterocycles. The van der Waals surface area contributed by atoms with Crippen molar-refractivity contribution >= 4 is 50.4 Å². The van der Waals surface area contributed by atoms with Crippen molar-refractivity contribution in [1.29, 1.82) is 0 Å². The standard InChI is InChI=1S/C25H17N3O5S2/c29-25(17-9-13-19(14-10-17)28(30)31)26-18-11-15-20(16-12-18)35(32,33)27-21-5-1-3-7-23(21)34-24-8-4-2-6-22(24)27/h1-16H,(H,26,29). The van der Waals surface area contributed by atoms with Gasteiger partial charge in [-0.25, -0.2) is 12.7 Å². The van der Waals surface area contributed by atoms with Gasteiger partial charge in [-0.05, 0) is 60.7 Å². The van der Waals surface area contributed by atoms with E-state index in [2.05, 4.69) is 5.32 Å². The number of para-hydroxylation sites is 2. The third kappa shape index (κ3) is 4.25. The fraction of sp³-hybridized carbons (Fsp3) is 0. The Labute approximate surface area is 205 Å². The first-order valence-electron chi connectivity index (χ1n) is 10.4. The van der Waals surface area contributed by atoms with Crippen molar-refractivity contribution in [3.05, 3.63) is 113 Å². The Hall–Kier alpha value is -4.15. The molecule has 0 fully saturated rings. The van der Waals surface area contributed by atoms with Crippen molar-refractivity contribution in [2.24, 2.45) is 0 Å². The van der Waals surface area contributed by atoms with Crippen LogP contribution in [0.15, 0.2) is 112 Å². The van der Waals surface area contributed by atoms with Gasteiger partial charge in [-0.1, -0.05) is 36.0 Å². The van der Waals surface area contributed by atoms with Crippen LogP contribution in [0, 0.1) is 10.1 Å². The van der Waals surface area contributed by atoms with E-state index in [-0.39, 0.29) is 16.1 Å². The van der Waals surface area contributed by atoms with Gasteiger partial charge in [0.2, 0.25) is 0 Å². The van der Waals surface area contributed by atoms with Gasteiger partial charge in [-0.3, -0.25) is 14.9 Å². The van der Waals surface area contributed by atoms with Crippen LogP contribution in [0.3, 0.4) is 0 Å². The summed E-state index contributed by atoms with van der Waals surface area (Å²) < 4.78 is 28.8. The molecule has 0 aromatic heterocycles. The number of benzene rings is 4. The van der Waals surface area contributed by atoms with E-state index in [1.165, 1.54) is 64.6 Å². The number of carbonyl (C=O) groups is 1. The molecule has 0 saturated carbocycles. The fourth-order valence-electron chi connectivity index (χ4n) is 3.68. The number of carbonyl (C=O) groups excluding carboxylic acids is 1. The highest BCUT2D eigenvalue weighted by Gasteiger charge is 2.33. The predicted molar refractivity (Wildman–Crippen MR) is 134 cm³/mol. The number of nitro benzene ring substituents is 1. The molecular formula is C25H17N3O5S2. The molecule has 174 valence electrons. The number of nitrogens with zero attached hydrogens (tertiary/aromatic N) is 2. The largest absolute Gasteiger partial charge is 0.322 e. The summed E-state index contributed by atoms with van der Waals surface area (Å²) in [5.74, 6) is -0.466. The zero-order valence-corrected chi connectivity index (χ0v) is 19.6. The number of hydrogen-bond donors (Lipinski definition) is 1. The first kappa shape index (κ1) is 22.6. The van der Waals surface area contributed by atoms with Crippen LogP contribution in [0.2, 0.25) is 0 Å². The number of hydrogen-bond acceptors (Lipinski definition) is 6. The summed E-state index contributed by atoms with van der Waals surface area (Å²) >= 11 is 1.52. The maximum absolute atomic E-state index is 13.7. The summed E-state index contributed by atoms with van der Waals surface area (Å²) in [6.45, 7) is 0. The number of anilines is 3. The second-order valence-corrected chi connectivity index (χ2v) is 10.5. The molecule has 4 aromatic rings. The fourth-order valence-corrected chi connectivity index (χ4v) is 6.38. The van der Waals surface area contributed by atoms with Crippen molar-refractivity contribution in [3.63, 3.8) is 0 Å². The second-order valence-electron chi connectivity index (χ2n) is 7.59. The lowest BCUT2D eigenvalue weighted by molar-refractivity contribution is -0.384. The third-order valence-corrected chi connectivity index (χ3v) is 8.25. The summed E-state index contributed by atoms with van der Waals surface area (Å²) in [7, 11) is -3.96. The summed E-state index contributed by atoms with van der Waals surface area (Å²) in [6, 6.07) is 25.7. The first-order valence-corrected chi connectivity index (χ1v) is 12.7. The maximum atomic E-state index is 13.7.